The van der Waals surface area contributed by atoms with E-state index in [0.717, 1.165) is 23.4 Å². The molecule has 1 heterocycles. The van der Waals surface area contributed by atoms with Gasteiger partial charge in [0.05, 0.1) is 12.1 Å². The SMILES string of the molecule is CCC(C)N(CC(=O)N(Cc1cccn1Cc1ccccc1Cl)CC(C)C)C(=O)c1ccc(C(F)(F)F)cc1. The van der Waals surface area contributed by atoms with E-state index in [9.17, 15) is 22.8 Å². The Labute approximate surface area is 233 Å². The van der Waals surface area contributed by atoms with E-state index in [1.165, 1.54) is 17.0 Å². The molecule has 2 amide bonds. The summed E-state index contributed by atoms with van der Waals surface area (Å²) in [5.74, 6) is -0.517. The first-order chi connectivity index (χ1) is 18.4. The standard InChI is InChI=1S/C30H35ClF3N3O2/c1-5-22(4)37(29(39)23-12-14-25(15-13-23)30(32,33)34)20-28(38)36(17-21(2)3)19-26-10-8-16-35(26)18-24-9-6-7-11-27(24)31/h6-16,21-22H,5,17-20H2,1-4H3. The number of hydrogen-bond acceptors (Lipinski definition) is 2. The highest BCUT2D eigenvalue weighted by molar-refractivity contribution is 6.31. The third-order valence-corrected chi connectivity index (χ3v) is 7.03. The van der Waals surface area contributed by atoms with Gasteiger partial charge < -0.3 is 14.4 Å². The second kappa shape index (κ2) is 13.2. The van der Waals surface area contributed by atoms with Gasteiger partial charge in [0, 0.05) is 41.6 Å². The van der Waals surface area contributed by atoms with Gasteiger partial charge in [-0.05, 0) is 67.3 Å². The number of amides is 2. The van der Waals surface area contributed by atoms with Crippen molar-refractivity contribution in [3.8, 4) is 0 Å². The van der Waals surface area contributed by atoms with Gasteiger partial charge in [0.25, 0.3) is 5.91 Å². The molecule has 0 saturated carbocycles. The van der Waals surface area contributed by atoms with Crippen LogP contribution in [0.1, 0.15) is 61.3 Å². The summed E-state index contributed by atoms with van der Waals surface area (Å²) in [4.78, 5) is 30.2. The van der Waals surface area contributed by atoms with Crippen molar-refractivity contribution in [3.63, 3.8) is 0 Å². The first-order valence-electron chi connectivity index (χ1n) is 13.0. The molecular formula is C30H35ClF3N3O2. The molecule has 1 unspecified atom stereocenters. The van der Waals surface area contributed by atoms with Crippen molar-refractivity contribution in [2.75, 3.05) is 13.1 Å². The van der Waals surface area contributed by atoms with Crippen LogP contribution in [0.2, 0.25) is 5.02 Å². The molecule has 5 nitrogen and oxygen atoms in total. The van der Waals surface area contributed by atoms with Crippen LogP contribution in [0.15, 0.2) is 66.9 Å². The fourth-order valence-electron chi connectivity index (χ4n) is 4.31. The molecule has 9 heteroatoms. The number of rotatable bonds is 11. The van der Waals surface area contributed by atoms with Crippen LogP contribution in [-0.4, -0.2) is 45.3 Å². The zero-order chi connectivity index (χ0) is 28.7. The maximum atomic E-state index is 13.6. The van der Waals surface area contributed by atoms with E-state index in [1.54, 1.807) is 4.90 Å². The summed E-state index contributed by atoms with van der Waals surface area (Å²) in [5.41, 5.74) is 1.17. The lowest BCUT2D eigenvalue weighted by atomic mass is 10.1. The molecule has 0 bridgehead atoms. The van der Waals surface area contributed by atoms with Crippen molar-refractivity contribution < 1.29 is 22.8 Å². The van der Waals surface area contributed by atoms with Crippen molar-refractivity contribution in [1.29, 1.82) is 0 Å². The Kier molecular flexibility index (Phi) is 10.2. The molecule has 0 fully saturated rings. The Balaban J connectivity index is 1.81. The minimum absolute atomic E-state index is 0.111. The van der Waals surface area contributed by atoms with Gasteiger partial charge in [-0.1, -0.05) is 50.6 Å². The van der Waals surface area contributed by atoms with Gasteiger partial charge in [-0.15, -0.1) is 0 Å². The second-order valence-electron chi connectivity index (χ2n) is 10.2. The van der Waals surface area contributed by atoms with Crippen molar-refractivity contribution in [1.82, 2.24) is 14.4 Å². The molecule has 1 atom stereocenters. The number of nitrogens with zero attached hydrogens (tertiary/aromatic N) is 3. The lowest BCUT2D eigenvalue weighted by molar-refractivity contribution is -0.137. The quantitative estimate of drug-likeness (QED) is 0.250. The molecule has 2 aromatic carbocycles. The summed E-state index contributed by atoms with van der Waals surface area (Å²) in [6, 6.07) is 15.3. The summed E-state index contributed by atoms with van der Waals surface area (Å²) in [7, 11) is 0. The Bertz CT molecular complexity index is 1250. The fourth-order valence-corrected chi connectivity index (χ4v) is 4.51. The molecule has 0 aliphatic heterocycles. The molecule has 1 aromatic heterocycles. The van der Waals surface area contributed by atoms with E-state index in [0.29, 0.717) is 31.1 Å². The second-order valence-corrected chi connectivity index (χ2v) is 10.6. The van der Waals surface area contributed by atoms with Crippen LogP contribution in [0.25, 0.3) is 0 Å². The summed E-state index contributed by atoms with van der Waals surface area (Å²) in [6.07, 6.45) is -1.96. The average molecular weight is 562 g/mol. The minimum atomic E-state index is -4.49. The van der Waals surface area contributed by atoms with E-state index < -0.39 is 17.6 Å². The number of aromatic nitrogens is 1. The fraction of sp³-hybridized carbons (Fsp3) is 0.400. The highest BCUT2D eigenvalue weighted by Crippen LogP contribution is 2.29. The Morgan fingerprint density at radius 2 is 1.64 bits per heavy atom. The third-order valence-electron chi connectivity index (χ3n) is 6.66. The van der Waals surface area contributed by atoms with E-state index in [1.807, 2.05) is 74.9 Å². The molecule has 0 radical (unpaired) electrons. The van der Waals surface area contributed by atoms with Crippen LogP contribution in [0.5, 0.6) is 0 Å². The summed E-state index contributed by atoms with van der Waals surface area (Å²) in [5, 5.41) is 0.665. The molecule has 0 saturated heterocycles. The number of alkyl halides is 3. The summed E-state index contributed by atoms with van der Waals surface area (Å²) >= 11 is 6.36. The van der Waals surface area contributed by atoms with E-state index in [2.05, 4.69) is 0 Å². The van der Waals surface area contributed by atoms with E-state index >= 15 is 0 Å². The van der Waals surface area contributed by atoms with Crippen molar-refractivity contribution >= 4 is 23.4 Å². The van der Waals surface area contributed by atoms with Gasteiger partial charge in [0.2, 0.25) is 5.91 Å². The molecule has 3 rings (SSSR count). The molecule has 3 aromatic rings. The Morgan fingerprint density at radius 3 is 2.23 bits per heavy atom. The number of benzene rings is 2. The molecule has 39 heavy (non-hydrogen) atoms. The van der Waals surface area contributed by atoms with Crippen LogP contribution >= 0.6 is 11.6 Å². The molecule has 210 valence electrons. The van der Waals surface area contributed by atoms with Crippen molar-refractivity contribution in [2.45, 2.75) is 59.4 Å². The van der Waals surface area contributed by atoms with Crippen molar-refractivity contribution in [3.05, 3.63) is 94.3 Å². The number of carbonyl (C=O) groups is 2. The maximum Gasteiger partial charge on any atom is 0.416 e. The summed E-state index contributed by atoms with van der Waals surface area (Å²) < 4.78 is 41.0. The highest BCUT2D eigenvalue weighted by atomic mass is 35.5. The van der Waals surface area contributed by atoms with Gasteiger partial charge in [-0.2, -0.15) is 13.2 Å². The predicted molar refractivity (Wildman–Crippen MR) is 147 cm³/mol. The first kappa shape index (κ1) is 30.3. The topological polar surface area (TPSA) is 45.6 Å². The lowest BCUT2D eigenvalue weighted by Crippen LogP contribution is -2.47. The monoisotopic (exact) mass is 561 g/mol. The molecule has 0 aliphatic rings. The van der Waals surface area contributed by atoms with Crippen LogP contribution in [0, 0.1) is 5.92 Å². The van der Waals surface area contributed by atoms with Crippen LogP contribution in [0.4, 0.5) is 13.2 Å². The van der Waals surface area contributed by atoms with E-state index in [4.69, 9.17) is 11.6 Å². The first-order valence-corrected chi connectivity index (χ1v) is 13.4. The Morgan fingerprint density at radius 1 is 0.974 bits per heavy atom. The van der Waals surface area contributed by atoms with Gasteiger partial charge in [-0.25, -0.2) is 0 Å². The van der Waals surface area contributed by atoms with Crippen LogP contribution < -0.4 is 0 Å². The highest BCUT2D eigenvalue weighted by Gasteiger charge is 2.31. The largest absolute Gasteiger partial charge is 0.416 e. The van der Waals surface area contributed by atoms with Gasteiger partial charge in [0.1, 0.15) is 6.54 Å². The zero-order valence-electron chi connectivity index (χ0n) is 22.7. The minimum Gasteiger partial charge on any atom is -0.345 e. The van der Waals surface area contributed by atoms with Crippen LogP contribution in [0.3, 0.4) is 0 Å². The molecule has 0 N–H and O–H groups in total. The lowest BCUT2D eigenvalue weighted by Gasteiger charge is -2.32. The summed E-state index contributed by atoms with van der Waals surface area (Å²) in [6.45, 7) is 8.97. The smallest absolute Gasteiger partial charge is 0.345 e. The zero-order valence-corrected chi connectivity index (χ0v) is 23.5. The molecule has 0 aliphatic carbocycles. The van der Waals surface area contributed by atoms with E-state index in [-0.39, 0.29) is 30.0 Å². The Hall–Kier alpha value is -3.26. The van der Waals surface area contributed by atoms with Gasteiger partial charge >= 0.3 is 6.18 Å². The normalized spacial score (nSPS) is 12.4. The van der Waals surface area contributed by atoms with Gasteiger partial charge in [-0.3, -0.25) is 9.59 Å². The molecule has 0 spiro atoms. The molecular weight excluding hydrogens is 527 g/mol. The predicted octanol–water partition coefficient (Wildman–Crippen LogP) is 7.13. The van der Waals surface area contributed by atoms with Gasteiger partial charge in [0.15, 0.2) is 0 Å². The number of hydrogen-bond donors (Lipinski definition) is 0. The number of carbonyl (C=O) groups excluding carboxylic acids is 2. The maximum absolute atomic E-state index is 13.6. The third kappa shape index (κ3) is 8.12. The van der Waals surface area contributed by atoms with Crippen molar-refractivity contribution in [2.24, 2.45) is 5.92 Å². The van der Waals surface area contributed by atoms with Crippen LogP contribution in [-0.2, 0) is 24.1 Å². The number of halogens is 4. The average Bonchev–Trinajstić information content (AvgIpc) is 3.33.